The van der Waals surface area contributed by atoms with E-state index >= 15 is 0 Å². The van der Waals surface area contributed by atoms with E-state index in [0.29, 0.717) is 0 Å². The minimum absolute atomic E-state index is 0.981. The van der Waals surface area contributed by atoms with Crippen molar-refractivity contribution in [2.75, 3.05) is 5.84 Å². The fourth-order valence-electron chi connectivity index (χ4n) is 1.21. The van der Waals surface area contributed by atoms with Crippen molar-refractivity contribution in [2.45, 2.75) is 6.92 Å². The van der Waals surface area contributed by atoms with Crippen molar-refractivity contribution in [1.82, 2.24) is 9.89 Å². The molecule has 0 radical (unpaired) electrons. The first-order chi connectivity index (χ1) is 5.27. The highest BCUT2D eigenvalue weighted by molar-refractivity contribution is 5.80. The molecule has 0 fully saturated rings. The lowest BCUT2D eigenvalue weighted by molar-refractivity contribution is 0.845. The third kappa shape index (κ3) is 0.852. The predicted octanol–water partition coefficient (Wildman–Crippen LogP) is 1.06. The fourth-order valence-corrected chi connectivity index (χ4v) is 1.21. The van der Waals surface area contributed by atoms with Crippen LogP contribution in [0, 0.1) is 6.92 Å². The highest BCUT2D eigenvalue weighted by atomic mass is 15.5. The molecule has 0 saturated carbocycles. The molecule has 3 heteroatoms. The van der Waals surface area contributed by atoms with E-state index in [1.165, 1.54) is 4.79 Å². The Balaban J connectivity index is 2.90. The van der Waals surface area contributed by atoms with Crippen LogP contribution in [0.1, 0.15) is 5.56 Å². The van der Waals surface area contributed by atoms with Crippen molar-refractivity contribution >= 4 is 10.9 Å². The Bertz CT molecular complexity index is 389. The minimum atomic E-state index is 0.981. The van der Waals surface area contributed by atoms with Crippen LogP contribution in [0.5, 0.6) is 0 Å². The van der Waals surface area contributed by atoms with Crippen LogP contribution in [0.25, 0.3) is 10.9 Å². The molecule has 2 aromatic rings. The summed E-state index contributed by atoms with van der Waals surface area (Å²) in [5.41, 5.74) is 2.14. The molecule has 0 spiro atoms. The zero-order valence-corrected chi connectivity index (χ0v) is 6.28. The van der Waals surface area contributed by atoms with Gasteiger partial charge >= 0.3 is 0 Å². The molecule has 56 valence electrons. The Hall–Kier alpha value is -1.51. The molecule has 0 saturated heterocycles. The van der Waals surface area contributed by atoms with E-state index < -0.39 is 0 Å². The molecule has 11 heavy (non-hydrogen) atoms. The average Bonchev–Trinajstić information content (AvgIpc) is 2.31. The predicted molar refractivity (Wildman–Crippen MR) is 44.6 cm³/mol. The molecule has 2 N–H and O–H groups in total. The maximum absolute atomic E-state index is 5.46. The summed E-state index contributed by atoms with van der Waals surface area (Å²) in [6, 6.07) is 6.02. The van der Waals surface area contributed by atoms with Crippen LogP contribution >= 0.6 is 0 Å². The van der Waals surface area contributed by atoms with Gasteiger partial charge in [0.1, 0.15) is 0 Å². The molecule has 1 aromatic heterocycles. The molecule has 0 amide bonds. The number of aryl methyl sites for hydroxylation is 1. The quantitative estimate of drug-likeness (QED) is 0.566. The smallest absolute Gasteiger partial charge is 0.0973 e. The summed E-state index contributed by atoms with van der Waals surface area (Å²) < 4.78 is 0. The van der Waals surface area contributed by atoms with Gasteiger partial charge in [-0.25, -0.2) is 0 Å². The van der Waals surface area contributed by atoms with Crippen LogP contribution in [0.4, 0.5) is 0 Å². The SMILES string of the molecule is Cc1cccc2cn(N)nc12. The number of rotatable bonds is 0. The van der Waals surface area contributed by atoms with Crippen molar-refractivity contribution in [2.24, 2.45) is 0 Å². The number of hydrogen-bond acceptors (Lipinski definition) is 2. The monoisotopic (exact) mass is 147 g/mol. The average molecular weight is 147 g/mol. The van der Waals surface area contributed by atoms with Crippen molar-refractivity contribution < 1.29 is 0 Å². The molecule has 1 aromatic carbocycles. The van der Waals surface area contributed by atoms with Gasteiger partial charge in [-0.3, -0.25) is 0 Å². The molecular weight excluding hydrogens is 138 g/mol. The van der Waals surface area contributed by atoms with Crippen molar-refractivity contribution in [3.05, 3.63) is 30.0 Å². The summed E-state index contributed by atoms with van der Waals surface area (Å²) in [6.07, 6.45) is 1.81. The zero-order chi connectivity index (χ0) is 7.84. The third-order valence-corrected chi connectivity index (χ3v) is 1.76. The van der Waals surface area contributed by atoms with E-state index in [1.807, 2.05) is 31.3 Å². The first kappa shape index (κ1) is 6.22. The highest BCUT2D eigenvalue weighted by Crippen LogP contribution is 2.14. The summed E-state index contributed by atoms with van der Waals surface area (Å²) in [4.78, 5) is 1.34. The second kappa shape index (κ2) is 1.99. The summed E-state index contributed by atoms with van der Waals surface area (Å²) in [5, 5.41) is 5.20. The maximum atomic E-state index is 5.46. The lowest BCUT2D eigenvalue weighted by atomic mass is 10.2. The Morgan fingerprint density at radius 3 is 3.00 bits per heavy atom. The Labute approximate surface area is 64.4 Å². The Kier molecular flexibility index (Phi) is 1.12. The number of aromatic nitrogens is 2. The van der Waals surface area contributed by atoms with E-state index in [2.05, 4.69) is 5.10 Å². The van der Waals surface area contributed by atoms with Gasteiger partial charge in [0.25, 0.3) is 0 Å². The van der Waals surface area contributed by atoms with Gasteiger partial charge in [0.15, 0.2) is 0 Å². The number of nitrogens with zero attached hydrogens (tertiary/aromatic N) is 2. The van der Waals surface area contributed by atoms with Crippen molar-refractivity contribution in [1.29, 1.82) is 0 Å². The van der Waals surface area contributed by atoms with Gasteiger partial charge in [-0.15, -0.1) is 0 Å². The molecule has 0 bridgehead atoms. The van der Waals surface area contributed by atoms with E-state index in [9.17, 15) is 0 Å². The van der Waals surface area contributed by atoms with Gasteiger partial charge in [-0.2, -0.15) is 9.89 Å². The molecule has 0 atom stereocenters. The standard InChI is InChI=1S/C8H9N3/c1-6-3-2-4-7-5-11(9)10-8(6)7/h2-5H,9H2,1H3. The van der Waals surface area contributed by atoms with Gasteiger partial charge in [-0.1, -0.05) is 18.2 Å². The van der Waals surface area contributed by atoms with Crippen LogP contribution in [0.3, 0.4) is 0 Å². The van der Waals surface area contributed by atoms with Crippen LogP contribution in [0.2, 0.25) is 0 Å². The number of benzene rings is 1. The summed E-state index contributed by atoms with van der Waals surface area (Å²) in [5.74, 6) is 5.46. The molecule has 0 aliphatic rings. The number of nitrogens with two attached hydrogens (primary N) is 1. The van der Waals surface area contributed by atoms with Gasteiger partial charge in [-0.05, 0) is 12.5 Å². The van der Waals surface area contributed by atoms with Gasteiger partial charge in [0, 0.05) is 5.39 Å². The maximum Gasteiger partial charge on any atom is 0.0973 e. The van der Waals surface area contributed by atoms with Crippen LogP contribution in [-0.2, 0) is 0 Å². The number of fused-ring (bicyclic) bond motifs is 1. The van der Waals surface area contributed by atoms with E-state index in [4.69, 9.17) is 5.84 Å². The van der Waals surface area contributed by atoms with Crippen LogP contribution in [0.15, 0.2) is 24.4 Å². The molecule has 1 heterocycles. The molecular formula is C8H9N3. The first-order valence-electron chi connectivity index (χ1n) is 3.47. The molecule has 0 aliphatic heterocycles. The second-order valence-corrected chi connectivity index (χ2v) is 2.62. The summed E-state index contributed by atoms with van der Waals surface area (Å²) in [6.45, 7) is 2.02. The summed E-state index contributed by atoms with van der Waals surface area (Å²) >= 11 is 0. The van der Waals surface area contributed by atoms with Crippen molar-refractivity contribution in [3.63, 3.8) is 0 Å². The van der Waals surface area contributed by atoms with Gasteiger partial charge < -0.3 is 5.84 Å². The fraction of sp³-hybridized carbons (Fsp3) is 0.125. The summed E-state index contributed by atoms with van der Waals surface area (Å²) in [7, 11) is 0. The van der Waals surface area contributed by atoms with E-state index in [1.54, 1.807) is 0 Å². The molecule has 0 unspecified atom stereocenters. The number of nitrogen functional groups attached to an aromatic ring is 1. The number of hydrogen-bond donors (Lipinski definition) is 1. The largest absolute Gasteiger partial charge is 0.323 e. The van der Waals surface area contributed by atoms with Crippen molar-refractivity contribution in [3.8, 4) is 0 Å². The topological polar surface area (TPSA) is 43.8 Å². The molecule has 0 aliphatic carbocycles. The highest BCUT2D eigenvalue weighted by Gasteiger charge is 1.99. The minimum Gasteiger partial charge on any atom is -0.323 e. The Morgan fingerprint density at radius 2 is 2.27 bits per heavy atom. The first-order valence-corrected chi connectivity index (χ1v) is 3.47. The third-order valence-electron chi connectivity index (χ3n) is 1.76. The van der Waals surface area contributed by atoms with Crippen LogP contribution in [-0.4, -0.2) is 9.89 Å². The van der Waals surface area contributed by atoms with Crippen LogP contribution < -0.4 is 5.84 Å². The lowest BCUT2D eigenvalue weighted by Gasteiger charge is -1.89. The normalized spacial score (nSPS) is 10.6. The molecule has 3 nitrogen and oxygen atoms in total. The molecule has 2 rings (SSSR count). The van der Waals surface area contributed by atoms with E-state index in [-0.39, 0.29) is 0 Å². The lowest BCUT2D eigenvalue weighted by Crippen LogP contribution is -2.07. The zero-order valence-electron chi connectivity index (χ0n) is 6.28. The van der Waals surface area contributed by atoms with Gasteiger partial charge in [0.05, 0.1) is 11.7 Å². The van der Waals surface area contributed by atoms with E-state index in [0.717, 1.165) is 16.5 Å². The second-order valence-electron chi connectivity index (χ2n) is 2.62. The van der Waals surface area contributed by atoms with Gasteiger partial charge in [0.2, 0.25) is 0 Å². The Morgan fingerprint density at radius 1 is 1.45 bits per heavy atom.